The third kappa shape index (κ3) is 7.97. The maximum Gasteiger partial charge on any atom is 0.192 e. The summed E-state index contributed by atoms with van der Waals surface area (Å²) < 4.78 is 0. The highest BCUT2D eigenvalue weighted by Crippen LogP contribution is 2.15. The van der Waals surface area contributed by atoms with E-state index in [-0.39, 0.29) is 24.0 Å². The van der Waals surface area contributed by atoms with Gasteiger partial charge in [0, 0.05) is 51.5 Å². The van der Waals surface area contributed by atoms with Gasteiger partial charge in [0.15, 0.2) is 5.96 Å². The molecule has 1 aromatic carbocycles. The Balaban J connectivity index is 0.00000312. The molecule has 1 saturated heterocycles. The van der Waals surface area contributed by atoms with E-state index in [1.165, 1.54) is 5.69 Å². The number of para-hydroxylation sites is 1. The number of terminal acetylenes is 1. The molecule has 0 atom stereocenters. The van der Waals surface area contributed by atoms with Crippen LogP contribution in [0.15, 0.2) is 35.3 Å². The largest absolute Gasteiger partial charge is 0.369 e. The standard InChI is InChI=1S/C19H29N5.HI/c1-3-11-21-19(20-4-2)22-12-8-13-23-14-16-24(17-15-23)18-9-6-5-7-10-18;/h1,5-7,9-10H,4,8,11-17H2,2H3,(H2,20,21,22);1H. The van der Waals surface area contributed by atoms with E-state index in [0.29, 0.717) is 6.54 Å². The Hall–Kier alpha value is -1.46. The van der Waals surface area contributed by atoms with E-state index in [1.807, 2.05) is 0 Å². The number of benzene rings is 1. The number of guanidine groups is 1. The number of nitrogens with zero attached hydrogens (tertiary/aromatic N) is 3. The SMILES string of the molecule is C#CCNC(=NCCCN1CCN(c2ccccc2)CC1)NCC.I. The number of hydrogen-bond donors (Lipinski definition) is 2. The zero-order chi connectivity index (χ0) is 17.0. The van der Waals surface area contributed by atoms with Crippen LogP contribution in [0.5, 0.6) is 0 Å². The maximum atomic E-state index is 5.27. The molecule has 25 heavy (non-hydrogen) atoms. The highest BCUT2D eigenvalue weighted by Gasteiger charge is 2.16. The van der Waals surface area contributed by atoms with Crippen molar-refractivity contribution in [1.82, 2.24) is 15.5 Å². The van der Waals surface area contributed by atoms with E-state index in [0.717, 1.165) is 58.2 Å². The molecule has 6 heteroatoms. The summed E-state index contributed by atoms with van der Waals surface area (Å²) in [5.41, 5.74) is 1.33. The van der Waals surface area contributed by atoms with Crippen LogP contribution < -0.4 is 15.5 Å². The van der Waals surface area contributed by atoms with Crippen molar-refractivity contribution >= 4 is 35.6 Å². The van der Waals surface area contributed by atoms with E-state index in [4.69, 9.17) is 6.42 Å². The minimum atomic E-state index is 0. The Morgan fingerprint density at radius 3 is 2.52 bits per heavy atom. The third-order valence-corrected chi connectivity index (χ3v) is 4.10. The fourth-order valence-electron chi connectivity index (χ4n) is 2.83. The van der Waals surface area contributed by atoms with Gasteiger partial charge in [0.1, 0.15) is 0 Å². The number of halogens is 1. The van der Waals surface area contributed by atoms with Crippen molar-refractivity contribution in [2.45, 2.75) is 13.3 Å². The highest BCUT2D eigenvalue weighted by molar-refractivity contribution is 14.0. The highest BCUT2D eigenvalue weighted by atomic mass is 127. The molecule has 0 spiro atoms. The maximum absolute atomic E-state index is 5.27. The number of nitrogens with one attached hydrogen (secondary N) is 2. The molecule has 0 amide bonds. The lowest BCUT2D eigenvalue weighted by molar-refractivity contribution is 0.256. The summed E-state index contributed by atoms with van der Waals surface area (Å²) in [6.45, 7) is 9.76. The van der Waals surface area contributed by atoms with Crippen LogP contribution in [0.25, 0.3) is 0 Å². The van der Waals surface area contributed by atoms with Gasteiger partial charge >= 0.3 is 0 Å². The van der Waals surface area contributed by atoms with E-state index in [9.17, 15) is 0 Å². The number of rotatable bonds is 7. The van der Waals surface area contributed by atoms with E-state index < -0.39 is 0 Å². The Labute approximate surface area is 169 Å². The molecular formula is C19H30IN5. The second-order valence-electron chi connectivity index (χ2n) is 5.84. The predicted molar refractivity (Wildman–Crippen MR) is 118 cm³/mol. The molecule has 0 unspecified atom stereocenters. The number of aliphatic imine (C=N–C) groups is 1. The first-order chi connectivity index (χ1) is 11.8. The first-order valence-electron chi connectivity index (χ1n) is 8.81. The van der Waals surface area contributed by atoms with Crippen molar-refractivity contribution in [3.05, 3.63) is 30.3 Å². The van der Waals surface area contributed by atoms with Gasteiger partial charge in [0.05, 0.1) is 6.54 Å². The summed E-state index contributed by atoms with van der Waals surface area (Å²) in [7, 11) is 0. The van der Waals surface area contributed by atoms with Crippen LogP contribution in [0.4, 0.5) is 5.69 Å². The molecule has 1 fully saturated rings. The molecule has 2 rings (SSSR count). The van der Waals surface area contributed by atoms with E-state index >= 15 is 0 Å². The molecule has 138 valence electrons. The fourth-order valence-corrected chi connectivity index (χ4v) is 2.83. The Morgan fingerprint density at radius 1 is 1.16 bits per heavy atom. The predicted octanol–water partition coefficient (Wildman–Crippen LogP) is 2.00. The van der Waals surface area contributed by atoms with Crippen LogP contribution in [-0.4, -0.2) is 63.2 Å². The summed E-state index contributed by atoms with van der Waals surface area (Å²) in [5.74, 6) is 3.38. The number of hydrogen-bond acceptors (Lipinski definition) is 3. The molecule has 5 nitrogen and oxygen atoms in total. The van der Waals surface area contributed by atoms with E-state index in [2.05, 4.69) is 68.6 Å². The Kier molecular flexibility index (Phi) is 11.1. The van der Waals surface area contributed by atoms with Gasteiger partial charge in [-0.15, -0.1) is 30.4 Å². The lowest BCUT2D eigenvalue weighted by Gasteiger charge is -2.36. The minimum Gasteiger partial charge on any atom is -0.369 e. The van der Waals surface area contributed by atoms with Crippen LogP contribution in [0, 0.1) is 12.3 Å². The van der Waals surface area contributed by atoms with Crippen LogP contribution in [0.2, 0.25) is 0 Å². The number of piperazine rings is 1. The average molecular weight is 455 g/mol. The van der Waals surface area contributed by atoms with Crippen molar-refractivity contribution < 1.29 is 0 Å². The Bertz CT molecular complexity index is 532. The first-order valence-corrected chi connectivity index (χ1v) is 8.81. The zero-order valence-corrected chi connectivity index (χ0v) is 17.4. The molecular weight excluding hydrogens is 425 g/mol. The molecule has 0 aromatic heterocycles. The molecule has 1 heterocycles. The zero-order valence-electron chi connectivity index (χ0n) is 15.1. The second kappa shape index (κ2) is 12.8. The summed E-state index contributed by atoms with van der Waals surface area (Å²) in [5, 5.41) is 6.32. The molecule has 1 aliphatic rings. The van der Waals surface area contributed by atoms with Crippen molar-refractivity contribution in [3.63, 3.8) is 0 Å². The molecule has 2 N–H and O–H groups in total. The fraction of sp³-hybridized carbons (Fsp3) is 0.526. The van der Waals surface area contributed by atoms with Crippen LogP contribution in [0.3, 0.4) is 0 Å². The van der Waals surface area contributed by atoms with Crippen LogP contribution in [0.1, 0.15) is 13.3 Å². The van der Waals surface area contributed by atoms with Crippen LogP contribution >= 0.6 is 24.0 Å². The molecule has 0 saturated carbocycles. The molecule has 1 aliphatic heterocycles. The Morgan fingerprint density at radius 2 is 1.88 bits per heavy atom. The van der Waals surface area contributed by atoms with Crippen LogP contribution in [-0.2, 0) is 0 Å². The van der Waals surface area contributed by atoms with E-state index in [1.54, 1.807) is 0 Å². The summed E-state index contributed by atoms with van der Waals surface area (Å²) in [6.07, 6.45) is 6.34. The summed E-state index contributed by atoms with van der Waals surface area (Å²) >= 11 is 0. The third-order valence-electron chi connectivity index (χ3n) is 4.10. The van der Waals surface area contributed by atoms with Gasteiger partial charge in [-0.05, 0) is 25.5 Å². The van der Waals surface area contributed by atoms with Gasteiger partial charge in [-0.1, -0.05) is 24.1 Å². The van der Waals surface area contributed by atoms with Gasteiger partial charge < -0.3 is 15.5 Å². The monoisotopic (exact) mass is 455 g/mol. The smallest absolute Gasteiger partial charge is 0.192 e. The lowest BCUT2D eigenvalue weighted by atomic mass is 10.2. The molecule has 1 aromatic rings. The molecule has 0 aliphatic carbocycles. The van der Waals surface area contributed by atoms with Gasteiger partial charge in [-0.3, -0.25) is 9.89 Å². The second-order valence-corrected chi connectivity index (χ2v) is 5.84. The van der Waals surface area contributed by atoms with Crippen molar-refractivity contribution in [2.75, 3.05) is 57.3 Å². The van der Waals surface area contributed by atoms with Crippen molar-refractivity contribution in [1.29, 1.82) is 0 Å². The van der Waals surface area contributed by atoms with Crippen molar-refractivity contribution in [2.24, 2.45) is 4.99 Å². The topological polar surface area (TPSA) is 42.9 Å². The lowest BCUT2D eigenvalue weighted by Crippen LogP contribution is -2.46. The number of anilines is 1. The van der Waals surface area contributed by atoms with Gasteiger partial charge in [-0.2, -0.15) is 0 Å². The summed E-state index contributed by atoms with van der Waals surface area (Å²) in [6, 6.07) is 10.7. The average Bonchev–Trinajstić information content (AvgIpc) is 2.64. The first kappa shape index (κ1) is 21.6. The van der Waals surface area contributed by atoms with Crippen molar-refractivity contribution in [3.8, 4) is 12.3 Å². The molecule has 0 radical (unpaired) electrons. The summed E-state index contributed by atoms with van der Waals surface area (Å²) in [4.78, 5) is 9.54. The molecule has 0 bridgehead atoms. The van der Waals surface area contributed by atoms with Gasteiger partial charge in [0.2, 0.25) is 0 Å². The van der Waals surface area contributed by atoms with Gasteiger partial charge in [0.25, 0.3) is 0 Å². The van der Waals surface area contributed by atoms with Gasteiger partial charge in [-0.25, -0.2) is 0 Å². The quantitative estimate of drug-likeness (QED) is 0.217. The minimum absolute atomic E-state index is 0. The normalized spacial score (nSPS) is 15.2.